The molecule has 0 bridgehead atoms. The van der Waals surface area contributed by atoms with Crippen molar-refractivity contribution in [2.45, 2.75) is 0 Å². The summed E-state index contributed by atoms with van der Waals surface area (Å²) in [6.07, 6.45) is 3.62. The highest BCUT2D eigenvalue weighted by molar-refractivity contribution is 5.87. The van der Waals surface area contributed by atoms with Gasteiger partial charge in [-0.2, -0.15) is 0 Å². The predicted octanol–water partition coefficient (Wildman–Crippen LogP) is 7.09. The van der Waals surface area contributed by atoms with Crippen LogP contribution in [0.2, 0.25) is 0 Å². The fourth-order valence-electron chi connectivity index (χ4n) is 4.07. The monoisotopic (exact) mass is 436 g/mol. The Morgan fingerprint density at radius 2 is 0.735 bits per heavy atom. The van der Waals surface area contributed by atoms with Crippen LogP contribution >= 0.6 is 0 Å². The lowest BCUT2D eigenvalue weighted by Crippen LogP contribution is -1.96. The average Bonchev–Trinajstić information content (AvgIpc) is 2.93. The second-order valence-corrected chi connectivity index (χ2v) is 7.99. The van der Waals surface area contributed by atoms with Crippen LogP contribution in [-0.2, 0) is 0 Å². The highest BCUT2D eigenvalue weighted by Gasteiger charge is 2.14. The van der Waals surface area contributed by atoms with E-state index in [1.807, 2.05) is 73.1 Å². The van der Waals surface area contributed by atoms with E-state index in [1.165, 1.54) is 0 Å². The van der Waals surface area contributed by atoms with Gasteiger partial charge < -0.3 is 0 Å². The first-order chi connectivity index (χ1) is 16.8. The maximum absolute atomic E-state index is 5.01. The summed E-state index contributed by atoms with van der Waals surface area (Å²) in [6, 6.07) is 36.6. The molecule has 6 rings (SSSR count). The van der Waals surface area contributed by atoms with Crippen LogP contribution in [0.5, 0.6) is 0 Å². The number of rotatable bonds is 4. The fourth-order valence-corrected chi connectivity index (χ4v) is 4.07. The molecule has 160 valence electrons. The summed E-state index contributed by atoms with van der Waals surface area (Å²) in [5, 5.41) is 0. The molecule has 4 nitrogen and oxygen atoms in total. The van der Waals surface area contributed by atoms with Crippen LogP contribution in [0.1, 0.15) is 0 Å². The molecule has 3 aromatic carbocycles. The van der Waals surface area contributed by atoms with Crippen LogP contribution in [0.25, 0.3) is 56.1 Å². The first kappa shape index (κ1) is 19.9. The molecular formula is C30H20N4. The van der Waals surface area contributed by atoms with E-state index in [9.17, 15) is 0 Å². The van der Waals surface area contributed by atoms with Crippen molar-refractivity contribution in [1.29, 1.82) is 0 Å². The molecule has 0 unspecified atom stereocenters. The van der Waals surface area contributed by atoms with Crippen LogP contribution in [0.3, 0.4) is 0 Å². The molecule has 3 aromatic heterocycles. The molecule has 0 spiro atoms. The molecule has 6 aromatic rings. The molecule has 0 saturated carbocycles. The third kappa shape index (κ3) is 3.82. The summed E-state index contributed by atoms with van der Waals surface area (Å²) in [6.45, 7) is 0. The Labute approximate surface area is 197 Å². The lowest BCUT2D eigenvalue weighted by Gasteiger charge is -2.12. The number of aromatic nitrogens is 4. The van der Waals surface area contributed by atoms with Crippen LogP contribution in [0.4, 0.5) is 0 Å². The Balaban J connectivity index is 1.46. The normalized spacial score (nSPS) is 10.9. The number of hydrogen-bond acceptors (Lipinski definition) is 4. The van der Waals surface area contributed by atoms with E-state index in [-0.39, 0.29) is 0 Å². The van der Waals surface area contributed by atoms with E-state index >= 15 is 0 Å². The second kappa shape index (κ2) is 8.68. The van der Waals surface area contributed by atoms with Crippen molar-refractivity contribution < 1.29 is 0 Å². The van der Waals surface area contributed by atoms with E-state index in [4.69, 9.17) is 9.97 Å². The van der Waals surface area contributed by atoms with Crippen LogP contribution in [0, 0.1) is 0 Å². The van der Waals surface area contributed by atoms with Crippen LogP contribution in [0.15, 0.2) is 122 Å². The van der Waals surface area contributed by atoms with Crippen molar-refractivity contribution in [3.63, 3.8) is 0 Å². The largest absolute Gasteiger partial charge is 0.256 e. The van der Waals surface area contributed by atoms with Gasteiger partial charge in [0.2, 0.25) is 0 Å². The van der Waals surface area contributed by atoms with Gasteiger partial charge in [-0.25, -0.2) is 9.97 Å². The van der Waals surface area contributed by atoms with Gasteiger partial charge in [-0.3, -0.25) is 9.97 Å². The number of hydrogen-bond donors (Lipinski definition) is 0. The Bertz CT molecular complexity index is 1440. The highest BCUT2D eigenvalue weighted by Crippen LogP contribution is 2.33. The molecular weight excluding hydrogens is 416 g/mol. The van der Waals surface area contributed by atoms with E-state index < -0.39 is 0 Å². The zero-order chi connectivity index (χ0) is 22.7. The molecule has 0 aliphatic heterocycles. The molecule has 0 saturated heterocycles. The van der Waals surface area contributed by atoms with E-state index in [0.717, 1.165) is 56.1 Å². The van der Waals surface area contributed by atoms with Crippen LogP contribution < -0.4 is 0 Å². The molecule has 0 N–H and O–H groups in total. The van der Waals surface area contributed by atoms with Gasteiger partial charge in [0.25, 0.3) is 0 Å². The zero-order valence-corrected chi connectivity index (χ0v) is 18.3. The van der Waals surface area contributed by atoms with Gasteiger partial charge in [0, 0.05) is 34.6 Å². The lowest BCUT2D eigenvalue weighted by molar-refractivity contribution is 1.29. The maximum atomic E-state index is 5.01. The topological polar surface area (TPSA) is 51.6 Å². The van der Waals surface area contributed by atoms with Crippen LogP contribution in [-0.4, -0.2) is 19.9 Å². The Kier molecular flexibility index (Phi) is 5.09. The highest BCUT2D eigenvalue weighted by atomic mass is 14.8. The number of fused-ring (bicyclic) bond motifs is 1. The molecule has 0 radical (unpaired) electrons. The summed E-state index contributed by atoms with van der Waals surface area (Å²) >= 11 is 0. The Hall–Kier alpha value is -4.70. The third-order valence-corrected chi connectivity index (χ3v) is 5.81. The van der Waals surface area contributed by atoms with Gasteiger partial charge in [0.05, 0.1) is 33.8 Å². The molecule has 34 heavy (non-hydrogen) atoms. The molecule has 0 amide bonds. The lowest BCUT2D eigenvalue weighted by atomic mass is 10.00. The zero-order valence-electron chi connectivity index (χ0n) is 18.3. The molecule has 0 fully saturated rings. The molecule has 0 aliphatic rings. The minimum Gasteiger partial charge on any atom is -0.256 e. The van der Waals surface area contributed by atoms with Crippen molar-refractivity contribution >= 4 is 11.0 Å². The molecule has 4 heteroatoms. The van der Waals surface area contributed by atoms with Gasteiger partial charge in [0.15, 0.2) is 0 Å². The fraction of sp³-hybridized carbons (Fsp3) is 0. The van der Waals surface area contributed by atoms with Crippen molar-refractivity contribution in [3.05, 3.63) is 122 Å². The van der Waals surface area contributed by atoms with E-state index in [2.05, 4.69) is 58.5 Å². The van der Waals surface area contributed by atoms with E-state index in [1.54, 1.807) is 0 Å². The average molecular weight is 437 g/mol. The summed E-state index contributed by atoms with van der Waals surface area (Å²) in [7, 11) is 0. The summed E-state index contributed by atoms with van der Waals surface area (Å²) in [5.74, 6) is 0. The number of benzene rings is 3. The van der Waals surface area contributed by atoms with Crippen molar-refractivity contribution in [1.82, 2.24) is 19.9 Å². The van der Waals surface area contributed by atoms with Gasteiger partial charge in [0.1, 0.15) is 0 Å². The number of para-hydroxylation sites is 2. The maximum Gasteiger partial charge on any atom is 0.0973 e. The third-order valence-electron chi connectivity index (χ3n) is 5.81. The first-order valence-electron chi connectivity index (χ1n) is 11.2. The van der Waals surface area contributed by atoms with Gasteiger partial charge in [-0.1, -0.05) is 72.8 Å². The van der Waals surface area contributed by atoms with Crippen molar-refractivity contribution in [2.24, 2.45) is 0 Å². The summed E-state index contributed by atoms with van der Waals surface area (Å²) in [4.78, 5) is 18.9. The minimum atomic E-state index is 0.858. The number of pyridine rings is 2. The molecule has 0 aliphatic carbocycles. The van der Waals surface area contributed by atoms with Crippen molar-refractivity contribution in [2.75, 3.05) is 0 Å². The number of nitrogens with zero attached hydrogens (tertiary/aromatic N) is 4. The quantitative estimate of drug-likeness (QED) is 0.296. The Morgan fingerprint density at radius 3 is 1.12 bits per heavy atom. The van der Waals surface area contributed by atoms with Gasteiger partial charge in [-0.15, -0.1) is 0 Å². The molecule has 0 atom stereocenters. The van der Waals surface area contributed by atoms with E-state index in [0.29, 0.717) is 0 Å². The van der Waals surface area contributed by atoms with Gasteiger partial charge >= 0.3 is 0 Å². The minimum absolute atomic E-state index is 0.858. The second-order valence-electron chi connectivity index (χ2n) is 7.99. The van der Waals surface area contributed by atoms with Gasteiger partial charge in [-0.05, 0) is 36.4 Å². The Morgan fingerprint density at radius 1 is 0.353 bits per heavy atom. The SMILES string of the molecule is c1ccc(-c2ccc(-c3nc4ccccc4nc3-c3ccc(-c4ccccn4)cc3)cc2)nc1. The smallest absolute Gasteiger partial charge is 0.0973 e. The summed E-state index contributed by atoms with van der Waals surface area (Å²) in [5.41, 5.74) is 9.53. The summed E-state index contributed by atoms with van der Waals surface area (Å²) < 4.78 is 0. The van der Waals surface area contributed by atoms with Crippen molar-refractivity contribution in [3.8, 4) is 45.0 Å². The predicted molar refractivity (Wildman–Crippen MR) is 137 cm³/mol. The first-order valence-corrected chi connectivity index (χ1v) is 11.2. The standard InChI is InChI=1S/C30H20N4/c1-2-10-28-27(9-1)33-29(23-15-11-21(12-16-23)25-7-3-5-19-31-25)30(34-28)24-17-13-22(14-18-24)26-8-4-6-20-32-26/h1-20H. The molecule has 3 heterocycles.